The maximum Gasteiger partial charge on any atom is 0.430 e. The maximum absolute atomic E-state index is 12.8. The Hall–Kier alpha value is -2.24. The van der Waals surface area contributed by atoms with Crippen LogP contribution in [0.2, 0.25) is 0 Å². The molecule has 0 aliphatic carbocycles. The van der Waals surface area contributed by atoms with E-state index in [-0.39, 0.29) is 10.8 Å². The van der Waals surface area contributed by atoms with Gasteiger partial charge in [0.25, 0.3) is 4.38 Å². The Morgan fingerprint density at radius 1 is 1.03 bits per heavy atom. The summed E-state index contributed by atoms with van der Waals surface area (Å²) in [7, 11) is -2.22. The fraction of sp³-hybridized carbons (Fsp3) is 0.200. The summed E-state index contributed by atoms with van der Waals surface area (Å²) >= 11 is 4.96. The van der Waals surface area contributed by atoms with Crippen LogP contribution < -0.4 is 4.90 Å². The third kappa shape index (κ3) is 5.17. The lowest BCUT2D eigenvalue weighted by atomic mass is 10.1. The van der Waals surface area contributed by atoms with E-state index in [2.05, 4.69) is 48.3 Å². The van der Waals surface area contributed by atoms with Crippen molar-refractivity contribution in [3.8, 4) is 0 Å². The van der Waals surface area contributed by atoms with Crippen LogP contribution in [0.25, 0.3) is 10.8 Å². The van der Waals surface area contributed by atoms with Crippen LogP contribution in [-0.2, 0) is 14.9 Å². The molecule has 0 N–H and O–H groups in total. The highest BCUT2D eigenvalue weighted by Crippen LogP contribution is 2.52. The lowest BCUT2D eigenvalue weighted by Crippen LogP contribution is -2.21. The van der Waals surface area contributed by atoms with Gasteiger partial charge in [0.05, 0.1) is 10.6 Å². The minimum Gasteiger partial charge on any atom is -0.744 e. The number of likely N-dealkylation sites (N-methyl/N-ethyl adjacent to an activating group) is 1. The molecule has 3 aromatic carbocycles. The molecule has 2 heterocycles. The first-order valence-corrected chi connectivity index (χ1v) is 15.0. The second-order valence-corrected chi connectivity index (χ2v) is 12.3. The largest absolute Gasteiger partial charge is 0.744 e. The molecular weight excluding hydrogens is 521 g/mol. The van der Waals surface area contributed by atoms with Crippen LogP contribution in [0.5, 0.6) is 0 Å². The van der Waals surface area contributed by atoms with Crippen molar-refractivity contribution in [3.05, 3.63) is 76.2 Å². The number of thioether (sulfide) groups is 3. The predicted octanol–water partition coefficient (Wildman–Crippen LogP) is 5.47. The first kappa shape index (κ1) is 25.8. The quantitative estimate of drug-likeness (QED) is 0.239. The van der Waals surface area contributed by atoms with Crippen LogP contribution in [0.1, 0.15) is 12.5 Å². The van der Waals surface area contributed by atoms with E-state index < -0.39 is 10.1 Å². The van der Waals surface area contributed by atoms with Gasteiger partial charge in [-0.3, -0.25) is 0 Å². The normalized spacial score (nSPS) is 17.6. The summed E-state index contributed by atoms with van der Waals surface area (Å²) in [6.45, 7) is 4.56. The third-order valence-corrected chi connectivity index (χ3v) is 10.1. The van der Waals surface area contributed by atoms with E-state index in [1.807, 2.05) is 24.7 Å². The minimum absolute atomic E-state index is 0.123. The molecule has 10 heteroatoms. The van der Waals surface area contributed by atoms with Crippen molar-refractivity contribution < 1.29 is 22.3 Å². The molecule has 0 radical (unpaired) electrons. The summed E-state index contributed by atoms with van der Waals surface area (Å²) in [6.07, 6.45) is 2.03. The van der Waals surface area contributed by atoms with Gasteiger partial charge < -0.3 is 9.45 Å². The fourth-order valence-electron chi connectivity index (χ4n) is 3.73. The predicted molar refractivity (Wildman–Crippen MR) is 146 cm³/mol. The molecule has 0 bridgehead atoms. The van der Waals surface area contributed by atoms with Crippen molar-refractivity contribution in [1.29, 1.82) is 0 Å². The molecule has 0 saturated carbocycles. The molecule has 0 fully saturated rings. The number of amides is 1. The smallest absolute Gasteiger partial charge is 0.430 e. The molecule has 2 aliphatic heterocycles. The number of hydrogen-bond donors (Lipinski definition) is 0. The standard InChI is InChI=1S/C18H17N2OS3.C7H8O3S/c1-4-20-16(21)15(24-18(20)22-3)17-19(2)13-10-9-11-7-5-6-8-12(11)14(13)23-17;1-6-2-4-7(5-3-6)11(8,9)10/h5-10H,4H2,1-3H3;2-5H,1H3,(H,8,9,10)/q+1;/p-1. The molecule has 0 spiro atoms. The number of rotatable bonds is 2. The lowest BCUT2D eigenvalue weighted by molar-refractivity contribution is -0.433. The lowest BCUT2D eigenvalue weighted by Gasteiger charge is -2.14. The Morgan fingerprint density at radius 3 is 2.31 bits per heavy atom. The van der Waals surface area contributed by atoms with Crippen molar-refractivity contribution in [3.63, 3.8) is 0 Å². The molecule has 6 nitrogen and oxygen atoms in total. The number of carbonyl (C=O) groups excluding carboxylic acids is 1. The molecule has 0 saturated heterocycles. The van der Waals surface area contributed by atoms with Crippen molar-refractivity contribution in [2.45, 2.75) is 23.6 Å². The second kappa shape index (κ2) is 10.4. The van der Waals surface area contributed by atoms with Crippen LogP contribution in [0.3, 0.4) is 0 Å². The van der Waals surface area contributed by atoms with Gasteiger partial charge in [-0.05, 0) is 49.1 Å². The molecule has 0 aromatic heterocycles. The fourth-order valence-corrected chi connectivity index (χ4v) is 7.60. The molecule has 3 aromatic rings. The van der Waals surface area contributed by atoms with Gasteiger partial charge in [-0.25, -0.2) is 13.2 Å². The number of fused-ring (bicyclic) bond motifs is 3. The molecule has 5 rings (SSSR count). The van der Waals surface area contributed by atoms with Crippen LogP contribution in [-0.4, -0.2) is 47.7 Å². The average molecular weight is 545 g/mol. The van der Waals surface area contributed by atoms with E-state index in [0.29, 0.717) is 6.54 Å². The summed E-state index contributed by atoms with van der Waals surface area (Å²) in [5, 5.41) is 3.53. The van der Waals surface area contributed by atoms with Crippen LogP contribution >= 0.6 is 35.3 Å². The van der Waals surface area contributed by atoms with Gasteiger partial charge in [-0.1, -0.05) is 71.6 Å². The number of aryl methyl sites for hydroxylation is 1. The summed E-state index contributed by atoms with van der Waals surface area (Å²) in [6, 6.07) is 18.5. The van der Waals surface area contributed by atoms with Gasteiger partial charge in [0.1, 0.15) is 15.1 Å². The molecule has 182 valence electrons. The Morgan fingerprint density at radius 2 is 1.71 bits per heavy atom. The first-order chi connectivity index (χ1) is 16.7. The van der Waals surface area contributed by atoms with Gasteiger partial charge in [-0.15, -0.1) is 4.58 Å². The zero-order valence-electron chi connectivity index (χ0n) is 19.6. The number of hydrogen-bond acceptors (Lipinski definition) is 8. The molecule has 2 aliphatic rings. The number of carbonyl (C=O) groups is 1. The summed E-state index contributed by atoms with van der Waals surface area (Å²) < 4.78 is 34.1. The zero-order valence-corrected chi connectivity index (χ0v) is 22.9. The zero-order chi connectivity index (χ0) is 25.3. The Bertz CT molecular complexity index is 1480. The van der Waals surface area contributed by atoms with Crippen molar-refractivity contribution in [1.82, 2.24) is 0 Å². The van der Waals surface area contributed by atoms with Crippen molar-refractivity contribution in [2.24, 2.45) is 0 Å². The Balaban J connectivity index is 0.000000221. The molecule has 1 amide bonds. The third-order valence-electron chi connectivity index (χ3n) is 5.57. The highest BCUT2D eigenvalue weighted by molar-refractivity contribution is 8.40. The van der Waals surface area contributed by atoms with E-state index >= 15 is 0 Å². The topological polar surface area (TPSA) is 80.5 Å². The van der Waals surface area contributed by atoms with E-state index in [4.69, 9.17) is 0 Å². The SMILES string of the molecule is CC[N+]1=C(SC)SC(=C2Sc3c(ccc4ccccc34)N2C)C1=O.Cc1ccc(S(=O)(=O)[O-])cc1. The Kier molecular flexibility index (Phi) is 7.68. The molecule has 0 unspecified atom stereocenters. The maximum atomic E-state index is 12.8. The molecule has 35 heavy (non-hydrogen) atoms. The highest BCUT2D eigenvalue weighted by Gasteiger charge is 2.42. The van der Waals surface area contributed by atoms with Gasteiger partial charge >= 0.3 is 5.91 Å². The van der Waals surface area contributed by atoms with E-state index in [9.17, 15) is 17.8 Å². The number of benzene rings is 3. The van der Waals surface area contributed by atoms with Gasteiger partial charge in [0, 0.05) is 23.7 Å². The van der Waals surface area contributed by atoms with E-state index in [1.54, 1.807) is 47.4 Å². The Labute approximate surface area is 218 Å². The summed E-state index contributed by atoms with van der Waals surface area (Å²) in [4.78, 5) is 16.9. The summed E-state index contributed by atoms with van der Waals surface area (Å²) in [5.74, 6) is 0.123. The van der Waals surface area contributed by atoms with Crippen molar-refractivity contribution >= 4 is 72.1 Å². The van der Waals surface area contributed by atoms with Crippen molar-refractivity contribution in [2.75, 3.05) is 24.7 Å². The first-order valence-electron chi connectivity index (χ1n) is 10.8. The summed E-state index contributed by atoms with van der Waals surface area (Å²) in [5.41, 5.74) is 2.10. The number of anilines is 1. The van der Waals surface area contributed by atoms with Gasteiger partial charge in [0.15, 0.2) is 11.4 Å². The molecule has 0 atom stereocenters. The highest BCUT2D eigenvalue weighted by atomic mass is 32.2. The molecular formula is C25H24N2O4S4. The van der Waals surface area contributed by atoms with Crippen LogP contribution in [0, 0.1) is 6.92 Å². The van der Waals surface area contributed by atoms with E-state index in [1.165, 1.54) is 33.5 Å². The van der Waals surface area contributed by atoms with Gasteiger partial charge in [0.2, 0.25) is 0 Å². The van der Waals surface area contributed by atoms with Gasteiger partial charge in [-0.2, -0.15) is 0 Å². The van der Waals surface area contributed by atoms with E-state index in [0.717, 1.165) is 19.9 Å². The monoisotopic (exact) mass is 544 g/mol. The van der Waals surface area contributed by atoms with Crippen LogP contribution in [0.4, 0.5) is 5.69 Å². The minimum atomic E-state index is -4.27. The average Bonchev–Trinajstić information content (AvgIpc) is 3.35. The van der Waals surface area contributed by atoms with Crippen LogP contribution in [0.15, 0.2) is 80.4 Å². The number of nitrogens with zero attached hydrogens (tertiary/aromatic N) is 2. The second-order valence-electron chi connectivity index (χ2n) is 7.82.